The number of nitro groups is 1. The lowest BCUT2D eigenvalue weighted by molar-refractivity contribution is -0.384. The number of pyridine rings is 1. The highest BCUT2D eigenvalue weighted by atomic mass is 79.9. The number of non-ortho nitro benzene ring substituents is 1. The zero-order valence-corrected chi connectivity index (χ0v) is 12.0. The van der Waals surface area contributed by atoms with Crippen LogP contribution in [0.15, 0.2) is 47.5 Å². The third-order valence-corrected chi connectivity index (χ3v) is 3.12. The van der Waals surface area contributed by atoms with Crippen LogP contribution in [0, 0.1) is 10.1 Å². The molecule has 0 bridgehead atoms. The van der Waals surface area contributed by atoms with Crippen LogP contribution in [-0.2, 0) is 0 Å². The number of nitro benzene ring substituents is 1. The van der Waals surface area contributed by atoms with Gasteiger partial charge in [0.25, 0.3) is 5.69 Å². The number of benzene rings is 1. The van der Waals surface area contributed by atoms with E-state index in [0.717, 1.165) is 4.47 Å². The Morgan fingerprint density at radius 1 is 1.19 bits per heavy atom. The molecule has 8 heteroatoms. The van der Waals surface area contributed by atoms with E-state index in [1.54, 1.807) is 18.3 Å². The molecule has 0 radical (unpaired) electrons. The fourth-order valence-electron chi connectivity index (χ4n) is 1.78. The van der Waals surface area contributed by atoms with Crippen LogP contribution < -0.4 is 4.74 Å². The molecule has 0 saturated carbocycles. The van der Waals surface area contributed by atoms with Crippen molar-refractivity contribution >= 4 is 32.5 Å². The van der Waals surface area contributed by atoms with Crippen molar-refractivity contribution in [2.45, 2.75) is 0 Å². The molecule has 3 rings (SSSR count). The summed E-state index contributed by atoms with van der Waals surface area (Å²) in [5.74, 6) is 0.708. The molecule has 2 heterocycles. The maximum atomic E-state index is 10.9. The Labute approximate surface area is 126 Å². The van der Waals surface area contributed by atoms with Crippen LogP contribution in [0.1, 0.15) is 0 Å². The van der Waals surface area contributed by atoms with Crippen molar-refractivity contribution in [2.75, 3.05) is 0 Å². The molecular weight excluding hydrogens is 340 g/mol. The van der Waals surface area contributed by atoms with Crippen LogP contribution in [0.3, 0.4) is 0 Å². The second-order valence-electron chi connectivity index (χ2n) is 4.08. The fraction of sp³-hybridized carbons (Fsp3) is 0. The number of rotatable bonds is 3. The Hall–Kier alpha value is -2.61. The molecule has 21 heavy (non-hydrogen) atoms. The van der Waals surface area contributed by atoms with Gasteiger partial charge in [-0.1, -0.05) is 0 Å². The molecule has 3 aromatic rings. The molecule has 0 fully saturated rings. The monoisotopic (exact) mass is 346 g/mol. The van der Waals surface area contributed by atoms with Crippen molar-refractivity contribution in [1.82, 2.24) is 15.0 Å². The highest BCUT2D eigenvalue weighted by Gasteiger charge is 2.12. The van der Waals surface area contributed by atoms with Crippen molar-refractivity contribution in [3.8, 4) is 11.6 Å². The molecule has 0 aliphatic carbocycles. The first-order chi connectivity index (χ1) is 10.1. The molecule has 2 aromatic heterocycles. The second kappa shape index (κ2) is 5.41. The van der Waals surface area contributed by atoms with Gasteiger partial charge in [0.1, 0.15) is 12.1 Å². The number of ether oxygens (including phenoxy) is 1. The summed E-state index contributed by atoms with van der Waals surface area (Å²) in [6.45, 7) is 0. The third kappa shape index (κ3) is 2.79. The van der Waals surface area contributed by atoms with Gasteiger partial charge < -0.3 is 4.74 Å². The van der Waals surface area contributed by atoms with Gasteiger partial charge in [0.05, 0.1) is 22.0 Å². The van der Waals surface area contributed by atoms with Gasteiger partial charge in [-0.3, -0.25) is 15.1 Å². The van der Waals surface area contributed by atoms with Gasteiger partial charge in [-0.15, -0.1) is 0 Å². The van der Waals surface area contributed by atoms with Gasteiger partial charge in [-0.2, -0.15) is 0 Å². The summed E-state index contributed by atoms with van der Waals surface area (Å²) in [6.07, 6.45) is 4.49. The Kier molecular flexibility index (Phi) is 3.44. The number of halogens is 1. The summed E-state index contributed by atoms with van der Waals surface area (Å²) < 4.78 is 6.40. The van der Waals surface area contributed by atoms with E-state index in [0.29, 0.717) is 16.7 Å². The molecule has 7 nitrogen and oxygen atoms in total. The molecule has 0 amide bonds. The number of hydrogen-bond acceptors (Lipinski definition) is 6. The zero-order valence-electron chi connectivity index (χ0n) is 10.4. The molecule has 1 aromatic carbocycles. The van der Waals surface area contributed by atoms with Crippen molar-refractivity contribution in [2.24, 2.45) is 0 Å². The standard InChI is InChI=1S/C13H7BrN4O3/c14-8-3-10(6-15-5-8)21-13-11-4-9(18(19)20)1-2-12(11)16-7-17-13/h1-7H. The fourth-order valence-corrected chi connectivity index (χ4v) is 2.12. The molecule has 0 spiro atoms. The van der Waals surface area contributed by atoms with Crippen LogP contribution >= 0.6 is 15.9 Å². The zero-order chi connectivity index (χ0) is 14.8. The molecule has 0 unspecified atom stereocenters. The van der Waals surface area contributed by atoms with Crippen LogP contribution in [0.2, 0.25) is 0 Å². The van der Waals surface area contributed by atoms with Crippen molar-refractivity contribution < 1.29 is 9.66 Å². The summed E-state index contributed by atoms with van der Waals surface area (Å²) in [5, 5.41) is 11.3. The lowest BCUT2D eigenvalue weighted by atomic mass is 10.2. The smallest absolute Gasteiger partial charge is 0.270 e. The van der Waals surface area contributed by atoms with Crippen LogP contribution in [-0.4, -0.2) is 19.9 Å². The van der Waals surface area contributed by atoms with E-state index in [-0.39, 0.29) is 11.6 Å². The predicted octanol–water partition coefficient (Wildman–Crippen LogP) is 3.49. The first-order valence-corrected chi connectivity index (χ1v) is 6.60. The first-order valence-electron chi connectivity index (χ1n) is 5.81. The normalized spacial score (nSPS) is 10.5. The Balaban J connectivity index is 2.09. The van der Waals surface area contributed by atoms with E-state index >= 15 is 0 Å². The van der Waals surface area contributed by atoms with Crippen LogP contribution in [0.25, 0.3) is 10.9 Å². The number of nitrogens with zero attached hydrogens (tertiary/aromatic N) is 4. The average molecular weight is 347 g/mol. The maximum Gasteiger partial charge on any atom is 0.270 e. The minimum Gasteiger partial charge on any atom is -0.437 e. The lowest BCUT2D eigenvalue weighted by Gasteiger charge is -2.07. The van der Waals surface area contributed by atoms with Crippen molar-refractivity contribution in [3.05, 3.63) is 57.6 Å². The molecule has 0 atom stereocenters. The van der Waals surface area contributed by atoms with Gasteiger partial charge in [-0.05, 0) is 28.1 Å². The number of aromatic nitrogens is 3. The van der Waals surface area contributed by atoms with E-state index in [1.807, 2.05) is 0 Å². The Morgan fingerprint density at radius 2 is 2.05 bits per heavy atom. The van der Waals surface area contributed by atoms with Gasteiger partial charge in [0.2, 0.25) is 5.88 Å². The van der Waals surface area contributed by atoms with Gasteiger partial charge in [0, 0.05) is 22.8 Å². The topological polar surface area (TPSA) is 91.0 Å². The van der Waals surface area contributed by atoms with E-state index in [1.165, 1.54) is 24.7 Å². The number of fused-ring (bicyclic) bond motifs is 1. The highest BCUT2D eigenvalue weighted by molar-refractivity contribution is 9.10. The van der Waals surface area contributed by atoms with E-state index in [4.69, 9.17) is 4.74 Å². The molecule has 0 aliphatic heterocycles. The largest absolute Gasteiger partial charge is 0.437 e. The summed E-state index contributed by atoms with van der Waals surface area (Å²) >= 11 is 3.29. The molecule has 0 N–H and O–H groups in total. The minimum atomic E-state index is -0.475. The van der Waals surface area contributed by atoms with E-state index in [2.05, 4.69) is 30.9 Å². The Bertz CT molecular complexity index is 841. The van der Waals surface area contributed by atoms with E-state index < -0.39 is 4.92 Å². The average Bonchev–Trinajstić information content (AvgIpc) is 2.47. The first kappa shape index (κ1) is 13.4. The van der Waals surface area contributed by atoms with Crippen molar-refractivity contribution in [1.29, 1.82) is 0 Å². The van der Waals surface area contributed by atoms with E-state index in [9.17, 15) is 10.1 Å². The summed E-state index contributed by atoms with van der Waals surface area (Å²) in [5.41, 5.74) is 0.517. The third-order valence-electron chi connectivity index (χ3n) is 2.69. The summed E-state index contributed by atoms with van der Waals surface area (Å²) in [6, 6.07) is 6.05. The predicted molar refractivity (Wildman–Crippen MR) is 78.2 cm³/mol. The second-order valence-corrected chi connectivity index (χ2v) is 4.99. The Morgan fingerprint density at radius 3 is 2.81 bits per heavy atom. The summed E-state index contributed by atoms with van der Waals surface area (Å²) in [4.78, 5) is 22.5. The van der Waals surface area contributed by atoms with Gasteiger partial charge in [0.15, 0.2) is 0 Å². The molecule has 0 saturated heterocycles. The number of hydrogen-bond donors (Lipinski definition) is 0. The van der Waals surface area contributed by atoms with Crippen LogP contribution in [0.4, 0.5) is 5.69 Å². The quantitative estimate of drug-likeness (QED) is 0.532. The molecule has 0 aliphatic rings. The van der Waals surface area contributed by atoms with Crippen molar-refractivity contribution in [3.63, 3.8) is 0 Å². The lowest BCUT2D eigenvalue weighted by Crippen LogP contribution is -1.94. The highest BCUT2D eigenvalue weighted by Crippen LogP contribution is 2.29. The SMILES string of the molecule is O=[N+]([O-])c1ccc2ncnc(Oc3cncc(Br)c3)c2c1. The maximum absolute atomic E-state index is 10.9. The van der Waals surface area contributed by atoms with Gasteiger partial charge >= 0.3 is 0 Å². The van der Waals surface area contributed by atoms with Crippen LogP contribution in [0.5, 0.6) is 11.6 Å². The minimum absolute atomic E-state index is 0.0467. The molecule has 104 valence electrons. The van der Waals surface area contributed by atoms with Gasteiger partial charge in [-0.25, -0.2) is 9.97 Å². The summed E-state index contributed by atoms with van der Waals surface area (Å²) in [7, 11) is 0. The molecular formula is C13H7BrN4O3.